The average molecular weight is 391 g/mol. The van der Waals surface area contributed by atoms with Gasteiger partial charge in [0.15, 0.2) is 5.78 Å². The van der Waals surface area contributed by atoms with Gasteiger partial charge in [0, 0.05) is 60.2 Å². The van der Waals surface area contributed by atoms with Gasteiger partial charge in [0.1, 0.15) is 0 Å². The zero-order valence-corrected chi connectivity index (χ0v) is 17.5. The third-order valence-corrected chi connectivity index (χ3v) is 6.01. The summed E-state index contributed by atoms with van der Waals surface area (Å²) in [5.74, 6) is 0.0987. The first-order valence-electron chi connectivity index (χ1n) is 10.5. The van der Waals surface area contributed by atoms with Crippen LogP contribution in [-0.4, -0.2) is 54.4 Å². The van der Waals surface area contributed by atoms with Gasteiger partial charge in [0.2, 0.25) is 0 Å². The molecule has 5 nitrogen and oxygen atoms in total. The van der Waals surface area contributed by atoms with E-state index in [9.17, 15) is 4.79 Å². The number of benzene rings is 2. The number of para-hydroxylation sites is 1. The number of H-pyrrole nitrogens is 1. The van der Waals surface area contributed by atoms with E-state index in [1.165, 1.54) is 11.3 Å². The lowest BCUT2D eigenvalue weighted by Crippen LogP contribution is -2.46. The van der Waals surface area contributed by atoms with Crippen LogP contribution in [0, 0.1) is 6.92 Å². The number of likely N-dealkylation sites (N-methyl/N-ethyl adjacent to an activating group) is 1. The zero-order valence-electron chi connectivity index (χ0n) is 17.5. The van der Waals surface area contributed by atoms with Gasteiger partial charge in [-0.15, -0.1) is 0 Å². The number of fused-ring (bicyclic) bond motifs is 1. The molecule has 5 heteroatoms. The Morgan fingerprint density at radius 3 is 2.62 bits per heavy atom. The van der Waals surface area contributed by atoms with Crippen molar-refractivity contribution in [2.24, 2.45) is 0 Å². The highest BCUT2D eigenvalue weighted by molar-refractivity contribution is 6.11. The molecular weight excluding hydrogens is 360 g/mol. The van der Waals surface area contributed by atoms with Crippen LogP contribution in [0.25, 0.3) is 10.9 Å². The Morgan fingerprint density at radius 1 is 1.14 bits per heavy atom. The SMILES string of the molecule is CCN1CCN(c2ccc(N[C@H](C)C(=O)c3c[nH]c4ccccc34)c(C)c2)CC1. The fourth-order valence-electron chi connectivity index (χ4n) is 4.14. The number of aromatic nitrogens is 1. The number of anilines is 2. The van der Waals surface area contributed by atoms with Crippen molar-refractivity contribution in [1.82, 2.24) is 9.88 Å². The predicted molar refractivity (Wildman–Crippen MR) is 121 cm³/mol. The summed E-state index contributed by atoms with van der Waals surface area (Å²) >= 11 is 0. The molecule has 0 aliphatic carbocycles. The Bertz CT molecular complexity index is 1000. The van der Waals surface area contributed by atoms with E-state index >= 15 is 0 Å². The van der Waals surface area contributed by atoms with Gasteiger partial charge in [-0.05, 0) is 50.2 Å². The van der Waals surface area contributed by atoms with Crippen LogP contribution >= 0.6 is 0 Å². The Kier molecular flexibility index (Phi) is 5.58. The standard InChI is InChI=1S/C24H30N4O/c1-4-27-11-13-28(14-12-27)19-9-10-22(17(2)15-19)26-18(3)24(29)21-16-25-23-8-6-5-7-20(21)23/h5-10,15-16,18,25-26H,4,11-14H2,1-3H3/t18-/m1/s1. The van der Waals surface area contributed by atoms with Crippen molar-refractivity contribution in [2.75, 3.05) is 42.9 Å². The van der Waals surface area contributed by atoms with Gasteiger partial charge in [-0.1, -0.05) is 25.1 Å². The van der Waals surface area contributed by atoms with Crippen molar-refractivity contribution in [2.45, 2.75) is 26.8 Å². The summed E-state index contributed by atoms with van der Waals surface area (Å²) in [6, 6.07) is 14.1. The maximum Gasteiger partial charge on any atom is 0.186 e. The lowest BCUT2D eigenvalue weighted by molar-refractivity contribution is 0.0977. The summed E-state index contributed by atoms with van der Waals surface area (Å²) in [5.41, 5.74) is 5.18. The summed E-state index contributed by atoms with van der Waals surface area (Å²) in [6.07, 6.45) is 1.82. The monoisotopic (exact) mass is 390 g/mol. The lowest BCUT2D eigenvalue weighted by Gasteiger charge is -2.35. The molecule has 2 heterocycles. The van der Waals surface area contributed by atoms with E-state index in [1.54, 1.807) is 0 Å². The first-order chi connectivity index (χ1) is 14.1. The second-order valence-electron chi connectivity index (χ2n) is 7.90. The molecule has 0 saturated carbocycles. The number of rotatable bonds is 6. The van der Waals surface area contributed by atoms with Crippen LogP contribution in [0.4, 0.5) is 11.4 Å². The Morgan fingerprint density at radius 2 is 1.90 bits per heavy atom. The Hall–Kier alpha value is -2.79. The molecule has 2 N–H and O–H groups in total. The van der Waals surface area contributed by atoms with Gasteiger partial charge in [0.05, 0.1) is 6.04 Å². The molecule has 29 heavy (non-hydrogen) atoms. The van der Waals surface area contributed by atoms with Crippen molar-refractivity contribution >= 4 is 28.1 Å². The van der Waals surface area contributed by atoms with Gasteiger partial charge in [-0.25, -0.2) is 0 Å². The molecule has 1 atom stereocenters. The highest BCUT2D eigenvalue weighted by Crippen LogP contribution is 2.25. The summed E-state index contributed by atoms with van der Waals surface area (Å²) in [5, 5.41) is 4.40. The summed E-state index contributed by atoms with van der Waals surface area (Å²) < 4.78 is 0. The van der Waals surface area contributed by atoms with Crippen LogP contribution in [0.1, 0.15) is 29.8 Å². The van der Waals surface area contributed by atoms with Gasteiger partial charge >= 0.3 is 0 Å². The lowest BCUT2D eigenvalue weighted by atomic mass is 10.0. The van der Waals surface area contributed by atoms with Gasteiger partial charge in [-0.3, -0.25) is 4.79 Å². The second kappa shape index (κ2) is 8.29. The molecule has 0 bridgehead atoms. The molecule has 4 rings (SSSR count). The number of aryl methyl sites for hydroxylation is 1. The first-order valence-corrected chi connectivity index (χ1v) is 10.5. The minimum absolute atomic E-state index is 0.0987. The van der Waals surface area contributed by atoms with Crippen molar-refractivity contribution < 1.29 is 4.79 Å². The zero-order chi connectivity index (χ0) is 20.4. The van der Waals surface area contributed by atoms with E-state index in [0.29, 0.717) is 0 Å². The Labute approximate surface area is 172 Å². The number of piperazine rings is 1. The molecule has 0 spiro atoms. The minimum atomic E-state index is -0.299. The van der Waals surface area contributed by atoms with Crippen molar-refractivity contribution in [1.29, 1.82) is 0 Å². The van der Waals surface area contributed by atoms with Crippen LogP contribution < -0.4 is 10.2 Å². The number of nitrogens with one attached hydrogen (secondary N) is 2. The van der Waals surface area contributed by atoms with E-state index in [1.807, 2.05) is 37.4 Å². The van der Waals surface area contributed by atoms with Crippen molar-refractivity contribution in [3.8, 4) is 0 Å². The average Bonchev–Trinajstić information content (AvgIpc) is 3.18. The molecule has 0 radical (unpaired) electrons. The minimum Gasteiger partial charge on any atom is -0.375 e. The van der Waals surface area contributed by atoms with Crippen molar-refractivity contribution in [3.05, 3.63) is 59.8 Å². The number of Topliss-reactive ketones (excluding diaryl/α,β-unsaturated/α-hetero) is 1. The largest absolute Gasteiger partial charge is 0.375 e. The molecule has 0 unspecified atom stereocenters. The highest BCUT2D eigenvalue weighted by atomic mass is 16.1. The summed E-state index contributed by atoms with van der Waals surface area (Å²) in [6.45, 7) is 11.7. The van der Waals surface area contributed by atoms with Crippen LogP contribution in [-0.2, 0) is 0 Å². The summed E-state index contributed by atoms with van der Waals surface area (Å²) in [4.78, 5) is 21.1. The van der Waals surface area contributed by atoms with Gasteiger partial charge < -0.3 is 20.1 Å². The second-order valence-corrected chi connectivity index (χ2v) is 7.90. The van der Waals surface area contributed by atoms with Gasteiger partial charge in [-0.2, -0.15) is 0 Å². The van der Waals surface area contributed by atoms with E-state index < -0.39 is 0 Å². The fourth-order valence-corrected chi connectivity index (χ4v) is 4.14. The first kappa shape index (κ1) is 19.5. The molecule has 1 aliphatic heterocycles. The van der Waals surface area contributed by atoms with Crippen LogP contribution in [0.3, 0.4) is 0 Å². The Balaban J connectivity index is 1.46. The molecule has 1 aromatic heterocycles. The molecular formula is C24H30N4O. The summed E-state index contributed by atoms with van der Waals surface area (Å²) in [7, 11) is 0. The maximum atomic E-state index is 13.0. The van der Waals surface area contributed by atoms with E-state index in [0.717, 1.165) is 54.9 Å². The number of ketones is 1. The van der Waals surface area contributed by atoms with Crippen LogP contribution in [0.5, 0.6) is 0 Å². The maximum absolute atomic E-state index is 13.0. The number of hydrogen-bond acceptors (Lipinski definition) is 4. The topological polar surface area (TPSA) is 51.4 Å². The quantitative estimate of drug-likeness (QED) is 0.616. The van der Waals surface area contributed by atoms with E-state index in [2.05, 4.69) is 52.1 Å². The molecule has 1 aliphatic rings. The normalized spacial score (nSPS) is 16.2. The molecule has 2 aromatic carbocycles. The van der Waals surface area contributed by atoms with Crippen molar-refractivity contribution in [3.63, 3.8) is 0 Å². The van der Waals surface area contributed by atoms with Gasteiger partial charge in [0.25, 0.3) is 0 Å². The number of hydrogen-bond donors (Lipinski definition) is 2. The molecule has 152 valence electrons. The van der Waals surface area contributed by atoms with E-state index in [-0.39, 0.29) is 11.8 Å². The fraction of sp³-hybridized carbons (Fsp3) is 0.375. The smallest absolute Gasteiger partial charge is 0.186 e. The molecule has 1 fully saturated rings. The third kappa shape index (κ3) is 4.01. The number of carbonyl (C=O) groups excluding carboxylic acids is 1. The molecule has 1 saturated heterocycles. The van der Waals surface area contributed by atoms with E-state index in [4.69, 9.17) is 0 Å². The molecule has 3 aromatic rings. The number of carbonyl (C=O) groups is 1. The third-order valence-electron chi connectivity index (χ3n) is 6.01. The predicted octanol–water partition coefficient (Wildman–Crippen LogP) is 4.30. The number of nitrogens with zero attached hydrogens (tertiary/aromatic N) is 2. The number of aromatic amines is 1. The van der Waals surface area contributed by atoms with Crippen LogP contribution in [0.2, 0.25) is 0 Å². The highest BCUT2D eigenvalue weighted by Gasteiger charge is 2.20. The molecule has 0 amide bonds. The van der Waals surface area contributed by atoms with Crippen LogP contribution in [0.15, 0.2) is 48.7 Å².